The first-order chi connectivity index (χ1) is 15.0. The molecule has 2 aromatic carbocycles. The summed E-state index contributed by atoms with van der Waals surface area (Å²) in [6.45, 7) is 0.204. The molecule has 1 heterocycles. The molecule has 1 aliphatic heterocycles. The maximum Gasteiger partial charge on any atom is 0.408 e. The first kappa shape index (κ1) is 21.8. The Bertz CT molecular complexity index is 993. The van der Waals surface area contributed by atoms with Crippen LogP contribution in [0.25, 0.3) is 10.4 Å². The molecule has 31 heavy (non-hydrogen) atoms. The van der Waals surface area contributed by atoms with E-state index in [2.05, 4.69) is 10.0 Å². The fourth-order valence-electron chi connectivity index (χ4n) is 3.67. The molecular weight excluding hydrogens is 402 g/mol. The van der Waals surface area contributed by atoms with Crippen molar-refractivity contribution in [3.63, 3.8) is 0 Å². The molecule has 1 saturated heterocycles. The smallest absolute Gasteiger partial charge is 0.408 e. The lowest BCUT2D eigenvalue weighted by atomic mass is 9.92. The highest BCUT2D eigenvalue weighted by Gasteiger charge is 2.51. The normalized spacial score (nSPS) is 17.4. The maximum atomic E-state index is 13.0. The van der Waals surface area contributed by atoms with E-state index < -0.39 is 18.2 Å². The van der Waals surface area contributed by atoms with Gasteiger partial charge in [0.2, 0.25) is 5.91 Å². The van der Waals surface area contributed by atoms with Gasteiger partial charge in [-0.05, 0) is 23.2 Å². The number of β-lactam (4-membered cyclic amide) rings is 1. The van der Waals surface area contributed by atoms with Crippen molar-refractivity contribution >= 4 is 12.0 Å². The van der Waals surface area contributed by atoms with E-state index in [0.29, 0.717) is 11.5 Å². The molecule has 0 spiro atoms. The number of nitrogens with zero attached hydrogens (tertiary/aromatic N) is 5. The highest BCUT2D eigenvalue weighted by atomic mass is 16.5. The zero-order valence-electron chi connectivity index (χ0n) is 17.2. The number of carboxylic acid groups (broad SMARTS) is 1. The third kappa shape index (κ3) is 4.65. The summed E-state index contributed by atoms with van der Waals surface area (Å²) in [7, 11) is 3.06. The molecule has 0 aromatic heterocycles. The van der Waals surface area contributed by atoms with E-state index in [1.165, 1.54) is 12.0 Å². The van der Waals surface area contributed by atoms with E-state index in [1.54, 1.807) is 49.6 Å². The molecule has 0 aliphatic carbocycles. The van der Waals surface area contributed by atoms with Crippen LogP contribution in [0.15, 0.2) is 53.6 Å². The minimum absolute atomic E-state index is 0.0378. The van der Waals surface area contributed by atoms with Crippen LogP contribution in [0.2, 0.25) is 0 Å². The van der Waals surface area contributed by atoms with Crippen molar-refractivity contribution in [3.8, 4) is 11.5 Å². The topological polar surface area (TPSA) is 128 Å². The molecule has 1 fully saturated rings. The SMILES string of the molecule is COc1ccc(CN2C(=O)[C@@H](N(Cc3ccccc3)C(=O)O)[C@@H]2CN=[N+]=[N-])c(OC)c1. The van der Waals surface area contributed by atoms with E-state index in [4.69, 9.17) is 15.0 Å². The van der Waals surface area contributed by atoms with Crippen molar-refractivity contribution in [2.24, 2.45) is 5.11 Å². The summed E-state index contributed by atoms with van der Waals surface area (Å²) in [5.41, 5.74) is 10.3. The molecule has 10 nitrogen and oxygen atoms in total. The Morgan fingerprint density at radius 2 is 1.97 bits per heavy atom. The van der Waals surface area contributed by atoms with Crippen molar-refractivity contribution in [2.45, 2.75) is 25.2 Å². The number of benzene rings is 2. The van der Waals surface area contributed by atoms with Gasteiger partial charge in [0, 0.05) is 36.2 Å². The average Bonchev–Trinajstić information content (AvgIpc) is 2.79. The molecule has 1 N–H and O–H groups in total. The quantitative estimate of drug-likeness (QED) is 0.285. The Morgan fingerprint density at radius 1 is 1.23 bits per heavy atom. The number of hydrogen-bond donors (Lipinski definition) is 1. The number of carbonyl (C=O) groups excluding carboxylic acids is 1. The summed E-state index contributed by atoms with van der Waals surface area (Å²) in [5, 5.41) is 13.4. The summed E-state index contributed by atoms with van der Waals surface area (Å²) >= 11 is 0. The Balaban J connectivity index is 1.85. The van der Waals surface area contributed by atoms with Crippen LogP contribution in [0.1, 0.15) is 11.1 Å². The molecule has 2 amide bonds. The molecule has 0 unspecified atom stereocenters. The first-order valence-electron chi connectivity index (χ1n) is 9.55. The number of methoxy groups -OCH3 is 2. The summed E-state index contributed by atoms with van der Waals surface area (Å²) in [6, 6.07) is 12.7. The average molecular weight is 425 g/mol. The van der Waals surface area contributed by atoms with Gasteiger partial charge in [0.25, 0.3) is 0 Å². The van der Waals surface area contributed by atoms with E-state index in [1.807, 2.05) is 6.07 Å². The van der Waals surface area contributed by atoms with Crippen molar-refractivity contribution in [2.75, 3.05) is 20.8 Å². The van der Waals surface area contributed by atoms with Gasteiger partial charge < -0.3 is 19.5 Å². The molecule has 2 aromatic rings. The molecule has 2 atom stereocenters. The van der Waals surface area contributed by atoms with Crippen molar-refractivity contribution in [1.82, 2.24) is 9.80 Å². The van der Waals surface area contributed by atoms with Gasteiger partial charge in [-0.2, -0.15) is 0 Å². The molecule has 10 heteroatoms. The van der Waals surface area contributed by atoms with Gasteiger partial charge in [-0.25, -0.2) is 4.79 Å². The van der Waals surface area contributed by atoms with Gasteiger partial charge in [0.05, 0.1) is 20.3 Å². The Hall–Kier alpha value is -3.91. The van der Waals surface area contributed by atoms with Gasteiger partial charge in [0.15, 0.2) is 0 Å². The van der Waals surface area contributed by atoms with Crippen molar-refractivity contribution in [3.05, 3.63) is 70.1 Å². The fourth-order valence-corrected chi connectivity index (χ4v) is 3.67. The van der Waals surface area contributed by atoms with Gasteiger partial charge in [0.1, 0.15) is 17.5 Å². The summed E-state index contributed by atoms with van der Waals surface area (Å²) in [4.78, 5) is 30.4. The van der Waals surface area contributed by atoms with Crippen LogP contribution < -0.4 is 9.47 Å². The van der Waals surface area contributed by atoms with Crippen LogP contribution in [-0.2, 0) is 17.9 Å². The number of hydrogen-bond acceptors (Lipinski definition) is 5. The molecular formula is C21H23N5O5. The molecule has 0 bridgehead atoms. The number of azide groups is 1. The zero-order chi connectivity index (χ0) is 22.4. The number of likely N-dealkylation sites (tertiary alicyclic amines) is 1. The molecule has 3 rings (SSSR count). The van der Waals surface area contributed by atoms with Crippen LogP contribution in [0.4, 0.5) is 4.79 Å². The highest BCUT2D eigenvalue weighted by molar-refractivity contribution is 5.92. The summed E-state index contributed by atoms with van der Waals surface area (Å²) in [6.07, 6.45) is -1.21. The minimum Gasteiger partial charge on any atom is -0.497 e. The van der Waals surface area contributed by atoms with Crippen molar-refractivity contribution in [1.29, 1.82) is 0 Å². The molecule has 0 radical (unpaired) electrons. The standard InChI is InChI=1S/C21H23N5O5/c1-30-16-9-8-15(18(10-16)31-2)13-25-17(11-23-24-22)19(20(25)27)26(21(28)29)12-14-6-4-3-5-7-14/h3-10,17,19H,11-13H2,1-2H3,(H,28,29)/t17-,19-/m0/s1. The van der Waals surface area contributed by atoms with Crippen LogP contribution >= 0.6 is 0 Å². The van der Waals surface area contributed by atoms with E-state index in [9.17, 15) is 14.7 Å². The van der Waals surface area contributed by atoms with Crippen molar-refractivity contribution < 1.29 is 24.2 Å². The second-order valence-corrected chi connectivity index (χ2v) is 6.97. The second kappa shape index (κ2) is 9.73. The third-order valence-electron chi connectivity index (χ3n) is 5.24. The molecule has 162 valence electrons. The van der Waals surface area contributed by atoms with E-state index >= 15 is 0 Å². The minimum atomic E-state index is -1.21. The number of amides is 2. The monoisotopic (exact) mass is 425 g/mol. The third-order valence-corrected chi connectivity index (χ3v) is 5.24. The van der Waals surface area contributed by atoms with Crippen LogP contribution in [0.5, 0.6) is 11.5 Å². The first-order valence-corrected chi connectivity index (χ1v) is 9.55. The van der Waals surface area contributed by atoms with Gasteiger partial charge in [-0.1, -0.05) is 35.4 Å². The summed E-state index contributed by atoms with van der Waals surface area (Å²) < 4.78 is 10.6. The van der Waals surface area contributed by atoms with Crippen LogP contribution in [-0.4, -0.2) is 59.8 Å². The largest absolute Gasteiger partial charge is 0.497 e. The maximum absolute atomic E-state index is 13.0. The van der Waals surface area contributed by atoms with Gasteiger partial charge in [-0.3, -0.25) is 9.69 Å². The molecule has 1 aliphatic rings. The van der Waals surface area contributed by atoms with E-state index in [-0.39, 0.29) is 25.5 Å². The lowest BCUT2D eigenvalue weighted by Gasteiger charge is -2.50. The second-order valence-electron chi connectivity index (χ2n) is 6.97. The fraction of sp³-hybridized carbons (Fsp3) is 0.333. The predicted octanol–water partition coefficient (Wildman–Crippen LogP) is 3.27. The number of ether oxygens (including phenoxy) is 2. The van der Waals surface area contributed by atoms with E-state index in [0.717, 1.165) is 16.0 Å². The lowest BCUT2D eigenvalue weighted by molar-refractivity contribution is -0.158. The van der Waals surface area contributed by atoms with Gasteiger partial charge >= 0.3 is 6.09 Å². The van der Waals surface area contributed by atoms with Gasteiger partial charge in [-0.15, -0.1) is 0 Å². The zero-order valence-corrected chi connectivity index (χ0v) is 17.2. The molecule has 0 saturated carbocycles. The predicted molar refractivity (Wildman–Crippen MR) is 112 cm³/mol. The highest BCUT2D eigenvalue weighted by Crippen LogP contribution is 2.32. The Kier molecular flexibility index (Phi) is 6.84. The number of rotatable bonds is 9. The van der Waals surface area contributed by atoms with Crippen LogP contribution in [0.3, 0.4) is 0 Å². The Morgan fingerprint density at radius 3 is 2.58 bits per heavy atom. The summed E-state index contributed by atoms with van der Waals surface area (Å²) in [5.74, 6) is 0.797. The number of carbonyl (C=O) groups is 2. The lowest BCUT2D eigenvalue weighted by Crippen LogP contribution is -2.71. The Labute approximate surface area is 179 Å². The van der Waals surface area contributed by atoms with Crippen LogP contribution in [0, 0.1) is 0 Å².